The zero-order valence-corrected chi connectivity index (χ0v) is 10.9. The first-order valence-electron chi connectivity index (χ1n) is 5.92. The molecule has 0 aromatic heterocycles. The molecule has 0 aliphatic rings. The topological polar surface area (TPSA) is 65.0 Å². The second-order valence-electron chi connectivity index (χ2n) is 3.95. The molecule has 5 nitrogen and oxygen atoms in total. The van der Waals surface area contributed by atoms with Crippen LogP contribution in [0.15, 0.2) is 48.5 Å². The van der Waals surface area contributed by atoms with Gasteiger partial charge in [-0.15, -0.1) is 0 Å². The Morgan fingerprint density at radius 2 is 1.45 bits per heavy atom. The molecule has 0 bridgehead atoms. The Bertz CT molecular complexity index is 560. The summed E-state index contributed by atoms with van der Waals surface area (Å²) < 4.78 is 15.7. The monoisotopic (exact) mass is 274 g/mol. The fourth-order valence-electron chi connectivity index (χ4n) is 1.53. The van der Waals surface area contributed by atoms with Gasteiger partial charge in [-0.2, -0.15) is 0 Å². The maximum absolute atomic E-state index is 10.7. The van der Waals surface area contributed by atoms with Gasteiger partial charge < -0.3 is 19.3 Å². The van der Waals surface area contributed by atoms with E-state index in [1.165, 1.54) is 12.1 Å². The van der Waals surface area contributed by atoms with Gasteiger partial charge in [0.15, 0.2) is 6.79 Å². The lowest BCUT2D eigenvalue weighted by atomic mass is 10.2. The first-order chi connectivity index (χ1) is 9.69. The van der Waals surface area contributed by atoms with E-state index in [9.17, 15) is 4.79 Å². The Morgan fingerprint density at radius 3 is 1.95 bits per heavy atom. The van der Waals surface area contributed by atoms with Crippen molar-refractivity contribution in [3.8, 4) is 17.2 Å². The van der Waals surface area contributed by atoms with E-state index in [-0.39, 0.29) is 12.4 Å². The number of hydrogen-bond donors (Lipinski definition) is 1. The first kappa shape index (κ1) is 13.9. The summed E-state index contributed by atoms with van der Waals surface area (Å²) in [6.45, 7) is 0.191. The lowest BCUT2D eigenvalue weighted by molar-refractivity contribution is 0.0511. The van der Waals surface area contributed by atoms with Gasteiger partial charge >= 0.3 is 5.97 Å². The maximum Gasteiger partial charge on any atom is 0.335 e. The van der Waals surface area contributed by atoms with Crippen LogP contribution in [0.1, 0.15) is 10.4 Å². The predicted molar refractivity (Wildman–Crippen MR) is 72.4 cm³/mol. The lowest BCUT2D eigenvalue weighted by Crippen LogP contribution is -1.98. The number of hydrogen-bond acceptors (Lipinski definition) is 4. The summed E-state index contributed by atoms with van der Waals surface area (Å²) in [5.41, 5.74) is 0.223. The van der Waals surface area contributed by atoms with Gasteiger partial charge in [-0.05, 0) is 48.5 Å². The minimum absolute atomic E-state index is 0.191. The Hall–Kier alpha value is -2.53. The third-order valence-electron chi connectivity index (χ3n) is 2.50. The van der Waals surface area contributed by atoms with Crippen LogP contribution >= 0.6 is 0 Å². The highest BCUT2D eigenvalue weighted by atomic mass is 16.7. The third kappa shape index (κ3) is 3.73. The van der Waals surface area contributed by atoms with Crippen LogP contribution in [0.3, 0.4) is 0 Å². The Balaban J connectivity index is 2.00. The van der Waals surface area contributed by atoms with E-state index in [1.807, 2.05) is 0 Å². The van der Waals surface area contributed by atoms with Crippen molar-refractivity contribution in [1.29, 1.82) is 0 Å². The van der Waals surface area contributed by atoms with Crippen LogP contribution in [0.2, 0.25) is 0 Å². The number of methoxy groups -OCH3 is 1. The second-order valence-corrected chi connectivity index (χ2v) is 3.95. The van der Waals surface area contributed by atoms with E-state index in [0.29, 0.717) is 17.2 Å². The molecule has 20 heavy (non-hydrogen) atoms. The highest BCUT2D eigenvalue weighted by Crippen LogP contribution is 2.24. The summed E-state index contributed by atoms with van der Waals surface area (Å²) in [4.78, 5) is 10.7. The maximum atomic E-state index is 10.7. The summed E-state index contributed by atoms with van der Waals surface area (Å²) >= 11 is 0. The normalized spacial score (nSPS) is 10.1. The number of carboxylic acids is 1. The molecule has 2 aromatic carbocycles. The third-order valence-corrected chi connectivity index (χ3v) is 2.50. The lowest BCUT2D eigenvalue weighted by Gasteiger charge is -2.08. The van der Waals surface area contributed by atoms with Crippen LogP contribution < -0.4 is 9.47 Å². The molecular formula is C15H14O5. The number of rotatable bonds is 6. The van der Waals surface area contributed by atoms with Gasteiger partial charge in [0.05, 0.1) is 5.56 Å². The minimum atomic E-state index is -0.962. The molecule has 1 N–H and O–H groups in total. The van der Waals surface area contributed by atoms with E-state index in [2.05, 4.69) is 0 Å². The highest BCUT2D eigenvalue weighted by molar-refractivity contribution is 5.87. The zero-order valence-electron chi connectivity index (χ0n) is 10.9. The van der Waals surface area contributed by atoms with E-state index in [1.54, 1.807) is 43.5 Å². The Kier molecular flexibility index (Phi) is 4.57. The SMILES string of the molecule is COCOc1ccc(Oc2ccc(C(=O)O)cc2)cc1. The highest BCUT2D eigenvalue weighted by Gasteiger charge is 2.03. The quantitative estimate of drug-likeness (QED) is 0.820. The Morgan fingerprint density at radius 1 is 0.950 bits per heavy atom. The van der Waals surface area contributed by atoms with Gasteiger partial charge in [0.25, 0.3) is 0 Å². The molecule has 0 heterocycles. The molecule has 0 spiro atoms. The average molecular weight is 274 g/mol. The molecule has 0 amide bonds. The number of carbonyl (C=O) groups is 1. The molecule has 5 heteroatoms. The standard InChI is InChI=1S/C15H14O5/c1-18-10-19-12-6-8-14(9-7-12)20-13-4-2-11(3-5-13)15(16)17/h2-9H,10H2,1H3,(H,16,17). The second kappa shape index (κ2) is 6.58. The average Bonchev–Trinajstić information content (AvgIpc) is 2.47. The van der Waals surface area contributed by atoms with Crippen molar-refractivity contribution in [2.24, 2.45) is 0 Å². The summed E-state index contributed by atoms with van der Waals surface area (Å²) in [7, 11) is 1.55. The van der Waals surface area contributed by atoms with E-state index in [0.717, 1.165) is 0 Å². The minimum Gasteiger partial charge on any atom is -0.478 e. The molecular weight excluding hydrogens is 260 g/mol. The van der Waals surface area contributed by atoms with Crippen molar-refractivity contribution < 1.29 is 24.1 Å². The number of benzene rings is 2. The predicted octanol–water partition coefficient (Wildman–Crippen LogP) is 3.16. The Labute approximate surface area is 116 Å². The van der Waals surface area contributed by atoms with Crippen LogP contribution in [-0.4, -0.2) is 25.0 Å². The van der Waals surface area contributed by atoms with Crippen LogP contribution in [0.25, 0.3) is 0 Å². The smallest absolute Gasteiger partial charge is 0.335 e. The number of aromatic carboxylic acids is 1. The molecule has 0 aliphatic carbocycles. The fourth-order valence-corrected chi connectivity index (χ4v) is 1.53. The van der Waals surface area contributed by atoms with Crippen LogP contribution in [0.4, 0.5) is 0 Å². The molecule has 104 valence electrons. The van der Waals surface area contributed by atoms with Gasteiger partial charge in [0.2, 0.25) is 0 Å². The molecule has 0 fully saturated rings. The fraction of sp³-hybridized carbons (Fsp3) is 0.133. The van der Waals surface area contributed by atoms with Crippen LogP contribution in [-0.2, 0) is 4.74 Å². The molecule has 0 saturated heterocycles. The molecule has 2 aromatic rings. The van der Waals surface area contributed by atoms with Crippen molar-refractivity contribution >= 4 is 5.97 Å². The molecule has 0 atom stereocenters. The molecule has 2 rings (SSSR count). The molecule has 0 radical (unpaired) electrons. The molecule has 0 aliphatic heterocycles. The van der Waals surface area contributed by atoms with E-state index < -0.39 is 5.97 Å². The summed E-state index contributed by atoms with van der Waals surface area (Å²) in [5.74, 6) is 0.926. The zero-order chi connectivity index (χ0) is 14.4. The van der Waals surface area contributed by atoms with Gasteiger partial charge in [0.1, 0.15) is 17.2 Å². The number of ether oxygens (including phenoxy) is 3. The van der Waals surface area contributed by atoms with Crippen LogP contribution in [0.5, 0.6) is 17.2 Å². The van der Waals surface area contributed by atoms with Crippen LogP contribution in [0, 0.1) is 0 Å². The summed E-state index contributed by atoms with van der Waals surface area (Å²) in [6, 6.07) is 13.3. The number of carboxylic acid groups (broad SMARTS) is 1. The van der Waals surface area contributed by atoms with Crippen molar-refractivity contribution in [3.63, 3.8) is 0 Å². The van der Waals surface area contributed by atoms with Gasteiger partial charge in [-0.1, -0.05) is 0 Å². The van der Waals surface area contributed by atoms with Crippen molar-refractivity contribution in [1.82, 2.24) is 0 Å². The van der Waals surface area contributed by atoms with Crippen molar-refractivity contribution in [3.05, 3.63) is 54.1 Å². The molecule has 0 unspecified atom stereocenters. The summed E-state index contributed by atoms with van der Waals surface area (Å²) in [6.07, 6.45) is 0. The van der Waals surface area contributed by atoms with Crippen molar-refractivity contribution in [2.45, 2.75) is 0 Å². The molecule has 0 saturated carbocycles. The first-order valence-corrected chi connectivity index (χ1v) is 5.92. The van der Waals surface area contributed by atoms with Crippen molar-refractivity contribution in [2.75, 3.05) is 13.9 Å². The van der Waals surface area contributed by atoms with Gasteiger partial charge in [-0.3, -0.25) is 0 Å². The summed E-state index contributed by atoms with van der Waals surface area (Å²) in [5, 5.41) is 8.80. The van der Waals surface area contributed by atoms with Gasteiger partial charge in [0, 0.05) is 7.11 Å². The van der Waals surface area contributed by atoms with Gasteiger partial charge in [-0.25, -0.2) is 4.79 Å². The largest absolute Gasteiger partial charge is 0.478 e. The van der Waals surface area contributed by atoms with E-state index >= 15 is 0 Å². The van der Waals surface area contributed by atoms with E-state index in [4.69, 9.17) is 19.3 Å².